The van der Waals surface area contributed by atoms with Crippen molar-refractivity contribution < 1.29 is 28.7 Å². The van der Waals surface area contributed by atoms with E-state index >= 15 is 0 Å². The van der Waals surface area contributed by atoms with Crippen LogP contribution in [0.2, 0.25) is 0 Å². The highest BCUT2D eigenvalue weighted by atomic mass is 16.6. The lowest BCUT2D eigenvalue weighted by Gasteiger charge is -2.27. The maximum Gasteiger partial charge on any atom is 0.320 e. The molecule has 30 heavy (non-hydrogen) atoms. The average molecular weight is 413 g/mol. The standard InChI is InChI=1S/C21H23N3O6/c1-21(2,3)30-17(26)10-23-8-11-6-13-14(7-12(11)9-23)20(29)24(19(13)28)15-4-5-16(25)22-18(15)27/h6-7,15H,4-5,8-10H2,1-3H3,(H,22,25,27). The van der Waals surface area contributed by atoms with Crippen molar-refractivity contribution in [2.45, 2.75) is 58.3 Å². The minimum atomic E-state index is -0.978. The van der Waals surface area contributed by atoms with Crippen molar-refractivity contribution in [3.8, 4) is 0 Å². The van der Waals surface area contributed by atoms with Crippen LogP contribution in [0.25, 0.3) is 0 Å². The lowest BCUT2D eigenvalue weighted by molar-refractivity contribution is -0.156. The Morgan fingerprint density at radius 3 is 2.13 bits per heavy atom. The summed E-state index contributed by atoms with van der Waals surface area (Å²) in [6.07, 6.45) is 0.208. The molecule has 4 amide bonds. The van der Waals surface area contributed by atoms with E-state index in [2.05, 4.69) is 5.32 Å². The molecule has 0 aliphatic carbocycles. The van der Waals surface area contributed by atoms with Crippen LogP contribution in [0.1, 0.15) is 65.5 Å². The Morgan fingerprint density at radius 1 is 1.07 bits per heavy atom. The van der Waals surface area contributed by atoms with Gasteiger partial charge in [0.25, 0.3) is 11.8 Å². The molecule has 158 valence electrons. The quantitative estimate of drug-likeness (QED) is 0.574. The van der Waals surface area contributed by atoms with E-state index in [-0.39, 0.29) is 36.5 Å². The summed E-state index contributed by atoms with van der Waals surface area (Å²) in [5.74, 6) is -2.43. The highest BCUT2D eigenvalue weighted by Gasteiger charge is 2.45. The van der Waals surface area contributed by atoms with Gasteiger partial charge in [-0.15, -0.1) is 0 Å². The number of carbonyl (C=O) groups excluding carboxylic acids is 5. The van der Waals surface area contributed by atoms with Gasteiger partial charge in [-0.3, -0.25) is 39.1 Å². The first-order chi connectivity index (χ1) is 14.0. The maximum absolute atomic E-state index is 12.9. The lowest BCUT2D eigenvalue weighted by atomic mass is 10.0. The van der Waals surface area contributed by atoms with E-state index < -0.39 is 35.3 Å². The van der Waals surface area contributed by atoms with Crippen LogP contribution in [0.15, 0.2) is 12.1 Å². The number of esters is 1. The first-order valence-electron chi connectivity index (χ1n) is 9.85. The SMILES string of the molecule is CC(C)(C)OC(=O)CN1Cc2cc3c(cc2C1)C(=O)N(C1CCC(=O)NC1=O)C3=O. The zero-order valence-electron chi connectivity index (χ0n) is 17.1. The minimum Gasteiger partial charge on any atom is -0.459 e. The van der Waals surface area contributed by atoms with Crippen LogP contribution in [0.5, 0.6) is 0 Å². The number of ether oxygens (including phenoxy) is 1. The number of rotatable bonds is 3. The topological polar surface area (TPSA) is 113 Å². The molecule has 9 nitrogen and oxygen atoms in total. The Labute approximate surface area is 173 Å². The smallest absolute Gasteiger partial charge is 0.320 e. The Balaban J connectivity index is 1.51. The molecule has 1 fully saturated rings. The molecular formula is C21H23N3O6. The molecule has 1 unspecified atom stereocenters. The van der Waals surface area contributed by atoms with Crippen molar-refractivity contribution in [3.05, 3.63) is 34.4 Å². The number of piperidine rings is 1. The van der Waals surface area contributed by atoms with E-state index in [1.807, 2.05) is 4.90 Å². The molecule has 0 bridgehead atoms. The van der Waals surface area contributed by atoms with Gasteiger partial charge in [-0.1, -0.05) is 0 Å². The first-order valence-corrected chi connectivity index (χ1v) is 9.85. The number of fused-ring (bicyclic) bond motifs is 2. The second-order valence-electron chi connectivity index (χ2n) is 8.85. The number of imide groups is 2. The van der Waals surface area contributed by atoms with Crippen LogP contribution in [0, 0.1) is 0 Å². The normalized spacial score (nSPS) is 21.6. The average Bonchev–Trinajstić information content (AvgIpc) is 3.10. The third-order valence-electron chi connectivity index (χ3n) is 5.32. The zero-order valence-corrected chi connectivity index (χ0v) is 17.1. The predicted octanol–water partition coefficient (Wildman–Crippen LogP) is 0.745. The van der Waals surface area contributed by atoms with Crippen LogP contribution in [-0.2, 0) is 32.2 Å². The summed E-state index contributed by atoms with van der Waals surface area (Å²) in [6, 6.07) is 2.37. The molecule has 1 aromatic carbocycles. The van der Waals surface area contributed by atoms with Gasteiger partial charge < -0.3 is 4.74 Å². The minimum absolute atomic E-state index is 0.0833. The Morgan fingerprint density at radius 2 is 1.63 bits per heavy atom. The summed E-state index contributed by atoms with van der Waals surface area (Å²) in [4.78, 5) is 64.3. The maximum atomic E-state index is 12.9. The Bertz CT molecular complexity index is 948. The molecule has 1 saturated heterocycles. The number of benzene rings is 1. The van der Waals surface area contributed by atoms with Gasteiger partial charge in [0.2, 0.25) is 11.8 Å². The fourth-order valence-electron chi connectivity index (χ4n) is 4.11. The molecule has 4 rings (SSSR count). The van der Waals surface area contributed by atoms with Crippen molar-refractivity contribution in [3.63, 3.8) is 0 Å². The monoisotopic (exact) mass is 413 g/mol. The van der Waals surface area contributed by atoms with Gasteiger partial charge in [-0.05, 0) is 50.5 Å². The molecule has 3 heterocycles. The molecule has 0 saturated carbocycles. The largest absolute Gasteiger partial charge is 0.459 e. The van der Waals surface area contributed by atoms with E-state index in [0.717, 1.165) is 16.0 Å². The molecule has 0 aromatic heterocycles. The van der Waals surface area contributed by atoms with Gasteiger partial charge in [-0.25, -0.2) is 0 Å². The van der Waals surface area contributed by atoms with Gasteiger partial charge in [0.05, 0.1) is 17.7 Å². The molecule has 1 N–H and O–H groups in total. The Hall–Kier alpha value is -3.07. The number of hydrogen-bond donors (Lipinski definition) is 1. The van der Waals surface area contributed by atoms with E-state index in [1.165, 1.54) is 0 Å². The predicted molar refractivity (Wildman–Crippen MR) is 103 cm³/mol. The molecule has 9 heteroatoms. The number of hydrogen-bond acceptors (Lipinski definition) is 7. The number of nitrogens with one attached hydrogen (secondary N) is 1. The van der Waals surface area contributed by atoms with E-state index in [9.17, 15) is 24.0 Å². The van der Waals surface area contributed by atoms with Gasteiger partial charge in [0.1, 0.15) is 11.6 Å². The molecule has 0 spiro atoms. The summed E-state index contributed by atoms with van der Waals surface area (Å²) in [7, 11) is 0. The summed E-state index contributed by atoms with van der Waals surface area (Å²) >= 11 is 0. The molecular weight excluding hydrogens is 390 g/mol. The highest BCUT2D eigenvalue weighted by Crippen LogP contribution is 2.33. The second kappa shape index (κ2) is 7.02. The Kier molecular flexibility index (Phi) is 4.73. The second-order valence-corrected chi connectivity index (χ2v) is 8.85. The van der Waals surface area contributed by atoms with Gasteiger partial charge in [-0.2, -0.15) is 0 Å². The fourth-order valence-corrected chi connectivity index (χ4v) is 4.11. The van der Waals surface area contributed by atoms with Crippen LogP contribution < -0.4 is 5.32 Å². The van der Waals surface area contributed by atoms with Gasteiger partial charge in [0, 0.05) is 19.5 Å². The van der Waals surface area contributed by atoms with Crippen LogP contribution >= 0.6 is 0 Å². The van der Waals surface area contributed by atoms with Crippen molar-refractivity contribution in [2.24, 2.45) is 0 Å². The van der Waals surface area contributed by atoms with E-state index in [1.54, 1.807) is 32.9 Å². The third kappa shape index (κ3) is 3.60. The summed E-state index contributed by atoms with van der Waals surface area (Å²) in [5.41, 5.74) is 1.67. The summed E-state index contributed by atoms with van der Waals surface area (Å²) < 4.78 is 5.35. The molecule has 1 atom stereocenters. The summed E-state index contributed by atoms with van der Waals surface area (Å²) in [6.45, 7) is 6.45. The lowest BCUT2D eigenvalue weighted by Crippen LogP contribution is -2.54. The third-order valence-corrected chi connectivity index (χ3v) is 5.32. The van der Waals surface area contributed by atoms with E-state index in [0.29, 0.717) is 13.1 Å². The fraction of sp³-hybridized carbons (Fsp3) is 0.476. The van der Waals surface area contributed by atoms with Crippen LogP contribution in [0.4, 0.5) is 0 Å². The highest BCUT2D eigenvalue weighted by molar-refractivity contribution is 6.23. The van der Waals surface area contributed by atoms with Crippen molar-refractivity contribution in [2.75, 3.05) is 6.54 Å². The molecule has 3 aliphatic rings. The van der Waals surface area contributed by atoms with Crippen molar-refractivity contribution in [1.82, 2.24) is 15.1 Å². The number of amides is 4. The molecule has 1 aromatic rings. The van der Waals surface area contributed by atoms with Crippen molar-refractivity contribution >= 4 is 29.6 Å². The first kappa shape index (κ1) is 20.2. The molecule has 3 aliphatic heterocycles. The van der Waals surface area contributed by atoms with Crippen LogP contribution in [-0.4, -0.2) is 57.6 Å². The summed E-state index contributed by atoms with van der Waals surface area (Å²) in [5, 5.41) is 2.18. The number of carbonyl (C=O) groups is 5. The van der Waals surface area contributed by atoms with E-state index in [4.69, 9.17) is 4.74 Å². The van der Waals surface area contributed by atoms with Gasteiger partial charge >= 0.3 is 5.97 Å². The molecule has 0 radical (unpaired) electrons. The zero-order chi connectivity index (χ0) is 21.8. The van der Waals surface area contributed by atoms with Crippen LogP contribution in [0.3, 0.4) is 0 Å². The van der Waals surface area contributed by atoms with Gasteiger partial charge in [0.15, 0.2) is 0 Å². The number of nitrogens with zero attached hydrogens (tertiary/aromatic N) is 2. The van der Waals surface area contributed by atoms with Crippen molar-refractivity contribution in [1.29, 1.82) is 0 Å².